The molecule has 0 fully saturated rings. The number of ether oxygens (including phenoxy) is 2. The number of benzene rings is 2. The van der Waals surface area contributed by atoms with Crippen LogP contribution in [-0.4, -0.2) is 13.1 Å². The molecule has 0 saturated heterocycles. The molecule has 0 aliphatic carbocycles. The van der Waals surface area contributed by atoms with Gasteiger partial charge in [-0.25, -0.2) is 4.79 Å². The number of hydrogen-bond donors (Lipinski definition) is 1. The third kappa shape index (κ3) is 2.98. The van der Waals surface area contributed by atoms with Crippen LogP contribution in [0.3, 0.4) is 0 Å². The van der Waals surface area contributed by atoms with Crippen molar-refractivity contribution in [3.8, 4) is 11.5 Å². The van der Waals surface area contributed by atoms with Crippen LogP contribution in [0.1, 0.15) is 10.4 Å². The van der Waals surface area contributed by atoms with Gasteiger partial charge in [-0.3, -0.25) is 0 Å². The summed E-state index contributed by atoms with van der Waals surface area (Å²) in [6.45, 7) is 0. The number of halogens is 1. The van der Waals surface area contributed by atoms with Gasteiger partial charge in [0.25, 0.3) is 0 Å². The minimum Gasteiger partial charge on any atom is -0.465 e. The topological polar surface area (TPSA) is 61.5 Å². The number of hydrogen-bond acceptors (Lipinski definition) is 4. The van der Waals surface area contributed by atoms with Gasteiger partial charge in [0.05, 0.1) is 23.4 Å². The predicted octanol–water partition coefficient (Wildman–Crippen LogP) is 3.50. The smallest absolute Gasteiger partial charge is 0.337 e. The molecule has 5 heteroatoms. The third-order valence-corrected chi connectivity index (χ3v) is 2.77. The fraction of sp³-hybridized carbons (Fsp3) is 0.0714. The Kier molecular flexibility index (Phi) is 3.92. The van der Waals surface area contributed by atoms with Crippen molar-refractivity contribution >= 4 is 23.3 Å². The summed E-state index contributed by atoms with van der Waals surface area (Å²) in [4.78, 5) is 11.4. The van der Waals surface area contributed by atoms with Gasteiger partial charge in [0.15, 0.2) is 5.75 Å². The van der Waals surface area contributed by atoms with Crippen molar-refractivity contribution in [1.82, 2.24) is 0 Å². The lowest BCUT2D eigenvalue weighted by atomic mass is 10.2. The molecule has 0 aromatic heterocycles. The van der Waals surface area contributed by atoms with E-state index in [1.807, 2.05) is 0 Å². The molecule has 0 amide bonds. The highest BCUT2D eigenvalue weighted by Gasteiger charge is 2.10. The summed E-state index contributed by atoms with van der Waals surface area (Å²) in [5.41, 5.74) is 6.61. The third-order valence-electron chi connectivity index (χ3n) is 2.47. The molecule has 2 aromatic carbocycles. The van der Waals surface area contributed by atoms with Crippen molar-refractivity contribution in [3.05, 3.63) is 53.1 Å². The highest BCUT2D eigenvalue weighted by Crippen LogP contribution is 2.34. The first-order valence-electron chi connectivity index (χ1n) is 5.52. The zero-order valence-electron chi connectivity index (χ0n) is 10.2. The van der Waals surface area contributed by atoms with Gasteiger partial charge in [-0.15, -0.1) is 0 Å². The summed E-state index contributed by atoms with van der Waals surface area (Å²) in [7, 11) is 1.32. The van der Waals surface area contributed by atoms with Crippen molar-refractivity contribution < 1.29 is 14.3 Å². The normalized spacial score (nSPS) is 10.0. The second kappa shape index (κ2) is 5.63. The van der Waals surface area contributed by atoms with E-state index in [1.54, 1.807) is 42.5 Å². The van der Waals surface area contributed by atoms with Crippen LogP contribution in [0.4, 0.5) is 5.69 Å². The summed E-state index contributed by atoms with van der Waals surface area (Å²) in [6, 6.07) is 11.7. The van der Waals surface area contributed by atoms with Crippen LogP contribution >= 0.6 is 11.6 Å². The molecule has 0 aliphatic rings. The predicted molar refractivity (Wildman–Crippen MR) is 73.7 cm³/mol. The van der Waals surface area contributed by atoms with Gasteiger partial charge in [-0.1, -0.05) is 23.7 Å². The molecular weight excluding hydrogens is 266 g/mol. The molecule has 0 heterocycles. The van der Waals surface area contributed by atoms with E-state index in [0.29, 0.717) is 27.8 Å². The van der Waals surface area contributed by atoms with E-state index in [9.17, 15) is 4.79 Å². The summed E-state index contributed by atoms with van der Waals surface area (Å²) in [5, 5.41) is 0.406. The Bertz CT molecular complexity index is 593. The standard InChI is InChI=1S/C14H12ClNO3/c1-18-14(17)9-4-2-5-10(8-9)19-13-11(15)6-3-7-12(13)16/h2-8H,16H2,1H3. The van der Waals surface area contributed by atoms with E-state index in [-0.39, 0.29) is 0 Å². The van der Waals surface area contributed by atoms with Crippen LogP contribution in [0, 0.1) is 0 Å². The molecular formula is C14H12ClNO3. The van der Waals surface area contributed by atoms with Crippen LogP contribution in [-0.2, 0) is 4.74 Å². The van der Waals surface area contributed by atoms with Crippen LogP contribution in [0.5, 0.6) is 11.5 Å². The summed E-state index contributed by atoms with van der Waals surface area (Å²) in [6.07, 6.45) is 0. The number of nitrogen functional groups attached to an aromatic ring is 1. The Morgan fingerprint density at radius 3 is 2.63 bits per heavy atom. The average Bonchev–Trinajstić information content (AvgIpc) is 2.42. The van der Waals surface area contributed by atoms with Gasteiger partial charge in [-0.05, 0) is 30.3 Å². The minimum absolute atomic E-state index is 0.367. The lowest BCUT2D eigenvalue weighted by molar-refractivity contribution is 0.0600. The Hall–Kier alpha value is -2.20. The summed E-state index contributed by atoms with van der Waals surface area (Å²) >= 11 is 6.01. The second-order valence-corrected chi connectivity index (χ2v) is 4.19. The first kappa shape index (κ1) is 13.2. The average molecular weight is 278 g/mol. The second-order valence-electron chi connectivity index (χ2n) is 3.78. The molecule has 2 N–H and O–H groups in total. The zero-order chi connectivity index (χ0) is 13.8. The first-order valence-corrected chi connectivity index (χ1v) is 5.90. The van der Waals surface area contributed by atoms with Crippen LogP contribution in [0.15, 0.2) is 42.5 Å². The Morgan fingerprint density at radius 1 is 1.21 bits per heavy atom. The summed E-state index contributed by atoms with van der Waals surface area (Å²) < 4.78 is 10.3. The largest absolute Gasteiger partial charge is 0.465 e. The molecule has 0 bridgehead atoms. The molecule has 98 valence electrons. The van der Waals surface area contributed by atoms with Crippen LogP contribution < -0.4 is 10.5 Å². The molecule has 2 aromatic rings. The molecule has 0 radical (unpaired) electrons. The Morgan fingerprint density at radius 2 is 1.95 bits per heavy atom. The number of rotatable bonds is 3. The molecule has 4 nitrogen and oxygen atoms in total. The molecule has 0 aliphatic heterocycles. The van der Waals surface area contributed by atoms with Crippen molar-refractivity contribution in [1.29, 1.82) is 0 Å². The zero-order valence-corrected chi connectivity index (χ0v) is 11.0. The quantitative estimate of drug-likeness (QED) is 0.689. The fourth-order valence-corrected chi connectivity index (χ4v) is 1.78. The van der Waals surface area contributed by atoms with Crippen molar-refractivity contribution in [3.63, 3.8) is 0 Å². The van der Waals surface area contributed by atoms with Gasteiger partial charge in [0, 0.05) is 0 Å². The molecule has 0 saturated carbocycles. The number of anilines is 1. The van der Waals surface area contributed by atoms with Crippen LogP contribution in [0.25, 0.3) is 0 Å². The SMILES string of the molecule is COC(=O)c1cccc(Oc2c(N)cccc2Cl)c1. The van der Waals surface area contributed by atoms with Gasteiger partial charge in [-0.2, -0.15) is 0 Å². The highest BCUT2D eigenvalue weighted by molar-refractivity contribution is 6.32. The van der Waals surface area contributed by atoms with E-state index < -0.39 is 5.97 Å². The fourth-order valence-electron chi connectivity index (χ4n) is 1.56. The van der Waals surface area contributed by atoms with E-state index in [2.05, 4.69) is 4.74 Å². The maximum Gasteiger partial charge on any atom is 0.337 e. The molecule has 0 spiro atoms. The Balaban J connectivity index is 2.31. The van der Waals surface area contributed by atoms with E-state index in [0.717, 1.165) is 0 Å². The molecule has 19 heavy (non-hydrogen) atoms. The van der Waals surface area contributed by atoms with Crippen molar-refractivity contribution in [2.45, 2.75) is 0 Å². The number of nitrogens with two attached hydrogens (primary N) is 1. The van der Waals surface area contributed by atoms with Gasteiger partial charge in [0.2, 0.25) is 0 Å². The van der Waals surface area contributed by atoms with Crippen LogP contribution in [0.2, 0.25) is 5.02 Å². The van der Waals surface area contributed by atoms with E-state index in [1.165, 1.54) is 7.11 Å². The van der Waals surface area contributed by atoms with Gasteiger partial charge < -0.3 is 15.2 Å². The van der Waals surface area contributed by atoms with E-state index >= 15 is 0 Å². The maximum absolute atomic E-state index is 11.4. The number of carbonyl (C=O) groups excluding carboxylic acids is 1. The number of para-hydroxylation sites is 1. The van der Waals surface area contributed by atoms with Gasteiger partial charge >= 0.3 is 5.97 Å². The number of methoxy groups -OCH3 is 1. The van der Waals surface area contributed by atoms with Crippen molar-refractivity contribution in [2.75, 3.05) is 12.8 Å². The Labute approximate surface area is 115 Å². The highest BCUT2D eigenvalue weighted by atomic mass is 35.5. The molecule has 0 atom stereocenters. The lowest BCUT2D eigenvalue weighted by Crippen LogP contribution is -2.01. The van der Waals surface area contributed by atoms with Gasteiger partial charge in [0.1, 0.15) is 5.75 Å². The molecule has 0 unspecified atom stereocenters. The summed E-state index contributed by atoms with van der Waals surface area (Å²) in [5.74, 6) is 0.395. The first-order chi connectivity index (χ1) is 9.11. The number of esters is 1. The van der Waals surface area contributed by atoms with E-state index in [4.69, 9.17) is 22.1 Å². The number of carbonyl (C=O) groups is 1. The lowest BCUT2D eigenvalue weighted by Gasteiger charge is -2.10. The monoisotopic (exact) mass is 277 g/mol. The molecule has 2 rings (SSSR count). The van der Waals surface area contributed by atoms with Crippen molar-refractivity contribution in [2.24, 2.45) is 0 Å². The minimum atomic E-state index is -0.433. The maximum atomic E-state index is 11.4.